The lowest BCUT2D eigenvalue weighted by Gasteiger charge is -2.38. The monoisotopic (exact) mass is 1170 g/mol. The van der Waals surface area contributed by atoms with Crippen molar-refractivity contribution in [2.24, 2.45) is 0 Å². The van der Waals surface area contributed by atoms with Crippen LogP contribution < -0.4 is 0 Å². The minimum Gasteiger partial charge on any atom is -0.456 e. The molecule has 0 saturated carbocycles. The van der Waals surface area contributed by atoms with Crippen molar-refractivity contribution < 1.29 is 17.7 Å². The van der Waals surface area contributed by atoms with Gasteiger partial charge in [-0.1, -0.05) is 255 Å². The van der Waals surface area contributed by atoms with Crippen LogP contribution in [0.25, 0.3) is 143 Å². The highest BCUT2D eigenvalue weighted by atomic mass is 16.3. The van der Waals surface area contributed by atoms with E-state index in [2.05, 4.69) is 297 Å². The first kappa shape index (κ1) is 57.1. The van der Waals surface area contributed by atoms with Crippen LogP contribution >= 0.6 is 0 Å². The number of hydrogen-bond donors (Lipinski definition) is 0. The molecular formula is C86H78O4. The number of benzene rings is 11. The summed E-state index contributed by atoms with van der Waals surface area (Å²) in [4.78, 5) is 0. The second-order valence-corrected chi connectivity index (χ2v) is 30.1. The third-order valence-corrected chi connectivity index (χ3v) is 19.1. The minimum atomic E-state index is -0.371. The largest absolute Gasteiger partial charge is 0.456 e. The number of hydrogen-bond acceptors (Lipinski definition) is 4. The van der Waals surface area contributed by atoms with E-state index >= 15 is 0 Å². The molecule has 15 aromatic rings. The Morgan fingerprint density at radius 2 is 0.722 bits per heavy atom. The predicted molar refractivity (Wildman–Crippen MR) is 381 cm³/mol. The number of rotatable bonds is 8. The summed E-state index contributed by atoms with van der Waals surface area (Å²) in [6.45, 7) is 33.2. The van der Waals surface area contributed by atoms with E-state index in [0.29, 0.717) is 0 Å². The van der Waals surface area contributed by atoms with E-state index in [1.54, 1.807) is 0 Å². The van der Waals surface area contributed by atoms with Crippen LogP contribution in [0.2, 0.25) is 0 Å². The number of fused-ring (bicyclic) bond motifs is 12. The Hall–Kier alpha value is -9.38. The van der Waals surface area contributed by atoms with Gasteiger partial charge in [-0.15, -0.1) is 0 Å². The summed E-state index contributed by atoms with van der Waals surface area (Å²) in [6, 6.07) is 75.2. The highest BCUT2D eigenvalue weighted by Crippen LogP contribution is 2.52. The molecule has 0 fully saturated rings. The third kappa shape index (κ3) is 9.22. The first-order valence-electron chi connectivity index (χ1n) is 32.1. The molecule has 446 valence electrons. The Kier molecular flexibility index (Phi) is 12.9. The van der Waals surface area contributed by atoms with Crippen LogP contribution in [0, 0.1) is 0 Å². The SMILES string of the molecule is CC(C)(C)c1ccc(CC(C)(C)c2c(-c3cccc4oc5cc(-c6cc(-c7cccc(-c8cccc9c8oc8ccccc89)c7C(C)(C)C)c7oc8ccccc8c7c6)ccc5c34)cccc2C(C)(C)C)c(-c2cccc3c2oc2ccccc23)c1C(C)(C)C. The first-order chi connectivity index (χ1) is 42.9. The molecule has 15 rings (SSSR count). The van der Waals surface area contributed by atoms with Crippen molar-refractivity contribution in [2.75, 3.05) is 0 Å². The Balaban J connectivity index is 0.895. The molecule has 11 aromatic carbocycles. The number of para-hydroxylation sites is 5. The summed E-state index contributed by atoms with van der Waals surface area (Å²) in [5.41, 5.74) is 25.3. The van der Waals surface area contributed by atoms with Crippen molar-refractivity contribution in [1.82, 2.24) is 0 Å². The van der Waals surface area contributed by atoms with E-state index in [9.17, 15) is 0 Å². The summed E-state index contributed by atoms with van der Waals surface area (Å²) in [7, 11) is 0. The van der Waals surface area contributed by atoms with Crippen LogP contribution in [0.4, 0.5) is 0 Å². The van der Waals surface area contributed by atoms with Gasteiger partial charge < -0.3 is 17.7 Å². The normalized spacial score (nSPS) is 13.0. The molecule has 0 N–H and O–H groups in total. The van der Waals surface area contributed by atoms with E-state index in [1.165, 1.54) is 50.1 Å². The molecule has 0 spiro atoms. The van der Waals surface area contributed by atoms with Gasteiger partial charge in [-0.2, -0.15) is 0 Å². The van der Waals surface area contributed by atoms with E-state index in [0.717, 1.165) is 133 Å². The summed E-state index contributed by atoms with van der Waals surface area (Å²) in [6.07, 6.45) is 0.787. The van der Waals surface area contributed by atoms with E-state index < -0.39 is 0 Å². The molecule has 4 nitrogen and oxygen atoms in total. The molecular weight excluding hydrogens is 1100 g/mol. The Labute approximate surface area is 528 Å². The fourth-order valence-corrected chi connectivity index (χ4v) is 15.3. The van der Waals surface area contributed by atoms with E-state index in [4.69, 9.17) is 17.7 Å². The second-order valence-electron chi connectivity index (χ2n) is 30.1. The molecule has 4 aromatic heterocycles. The van der Waals surface area contributed by atoms with Gasteiger partial charge in [0.05, 0.1) is 0 Å². The van der Waals surface area contributed by atoms with Gasteiger partial charge in [0.1, 0.15) is 44.7 Å². The maximum Gasteiger partial charge on any atom is 0.143 e. The molecule has 0 saturated heterocycles. The van der Waals surface area contributed by atoms with Gasteiger partial charge in [0.15, 0.2) is 0 Å². The second kappa shape index (κ2) is 20.3. The van der Waals surface area contributed by atoms with Crippen LogP contribution in [-0.2, 0) is 33.5 Å². The molecule has 0 aliphatic heterocycles. The van der Waals surface area contributed by atoms with Crippen LogP contribution in [0.15, 0.2) is 224 Å². The van der Waals surface area contributed by atoms with Gasteiger partial charge in [0, 0.05) is 59.8 Å². The van der Waals surface area contributed by atoms with Gasteiger partial charge in [0.2, 0.25) is 0 Å². The zero-order chi connectivity index (χ0) is 62.6. The van der Waals surface area contributed by atoms with Crippen LogP contribution in [-0.4, -0.2) is 0 Å². The van der Waals surface area contributed by atoms with Crippen LogP contribution in [0.5, 0.6) is 0 Å². The average Bonchev–Trinajstić information content (AvgIpc) is 1.35. The summed E-state index contributed by atoms with van der Waals surface area (Å²) in [5, 5.41) is 8.87. The fourth-order valence-electron chi connectivity index (χ4n) is 15.3. The predicted octanol–water partition coefficient (Wildman–Crippen LogP) is 25.3. The van der Waals surface area contributed by atoms with Crippen molar-refractivity contribution in [1.29, 1.82) is 0 Å². The molecule has 0 aliphatic carbocycles. The maximum absolute atomic E-state index is 7.11. The zero-order valence-corrected chi connectivity index (χ0v) is 54.5. The van der Waals surface area contributed by atoms with Crippen LogP contribution in [0.3, 0.4) is 0 Å². The van der Waals surface area contributed by atoms with Gasteiger partial charge in [0.25, 0.3) is 0 Å². The zero-order valence-electron chi connectivity index (χ0n) is 54.5. The van der Waals surface area contributed by atoms with Gasteiger partial charge in [-0.3, -0.25) is 0 Å². The topological polar surface area (TPSA) is 52.6 Å². The molecule has 0 aliphatic rings. The summed E-state index contributed by atoms with van der Waals surface area (Å²) in [5.74, 6) is 0. The Morgan fingerprint density at radius 1 is 0.267 bits per heavy atom. The Morgan fingerprint density at radius 3 is 1.32 bits per heavy atom. The van der Waals surface area contributed by atoms with Gasteiger partial charge in [-0.25, -0.2) is 0 Å². The lowest BCUT2D eigenvalue weighted by molar-refractivity contribution is 0.490. The minimum absolute atomic E-state index is 0.103. The Bertz CT molecular complexity index is 5400. The highest BCUT2D eigenvalue weighted by Gasteiger charge is 2.37. The van der Waals surface area contributed by atoms with E-state index in [1.807, 2.05) is 6.07 Å². The quantitative estimate of drug-likeness (QED) is 0.152. The van der Waals surface area contributed by atoms with Gasteiger partial charge >= 0.3 is 0 Å². The number of furan rings is 4. The summed E-state index contributed by atoms with van der Waals surface area (Å²) >= 11 is 0. The molecule has 4 heterocycles. The lowest BCUT2D eigenvalue weighted by Crippen LogP contribution is -2.29. The molecule has 0 bridgehead atoms. The fraction of sp³-hybridized carbons (Fsp3) is 0.233. The van der Waals surface area contributed by atoms with Crippen LogP contribution in [0.1, 0.15) is 130 Å². The molecule has 0 radical (unpaired) electrons. The lowest BCUT2D eigenvalue weighted by atomic mass is 9.66. The average molecular weight is 1180 g/mol. The first-order valence-corrected chi connectivity index (χ1v) is 32.1. The van der Waals surface area contributed by atoms with Gasteiger partial charge in [-0.05, 0) is 154 Å². The molecule has 4 heteroatoms. The van der Waals surface area contributed by atoms with Crippen molar-refractivity contribution in [3.63, 3.8) is 0 Å². The molecule has 90 heavy (non-hydrogen) atoms. The van der Waals surface area contributed by atoms with Crippen molar-refractivity contribution in [3.8, 4) is 55.6 Å². The van der Waals surface area contributed by atoms with Crippen molar-refractivity contribution in [2.45, 2.75) is 130 Å². The standard InChI is InChI=1S/C86H78O4/c1-82(2,3)67-37-24-32-57(77(67)86(13,14)49-51-43-45-68(83(4,5)6)78(85(10,11)12)74(51)64-36-23-34-61-54-27-16-19-39-70(54)89-80(61)64)56-29-25-41-72-75(56)63-44-42-50(48-73(63)87-72)52-46-65-55-28-17-20-40-71(55)90-81(65)66(47-52)59-31-21-30-58(76(59)84(7,8)9)62-35-22-33-60-53-26-15-18-38-69(53)88-79(60)62/h15-48H,49H2,1-14H3. The maximum atomic E-state index is 7.11. The molecule has 0 unspecified atom stereocenters. The highest BCUT2D eigenvalue weighted by molar-refractivity contribution is 6.16. The van der Waals surface area contributed by atoms with Crippen molar-refractivity contribution in [3.05, 3.63) is 240 Å². The molecule has 0 amide bonds. The van der Waals surface area contributed by atoms with Crippen molar-refractivity contribution >= 4 is 87.8 Å². The third-order valence-electron chi connectivity index (χ3n) is 19.1. The molecule has 0 atom stereocenters. The van der Waals surface area contributed by atoms with E-state index in [-0.39, 0.29) is 27.1 Å². The smallest absolute Gasteiger partial charge is 0.143 e. The summed E-state index contributed by atoms with van der Waals surface area (Å²) < 4.78 is 27.7.